The number of carbonyl (C=O) groups is 1. The van der Waals surface area contributed by atoms with Gasteiger partial charge in [0.1, 0.15) is 5.25 Å². The van der Waals surface area contributed by atoms with Crippen LogP contribution in [0.15, 0.2) is 53.7 Å². The van der Waals surface area contributed by atoms with E-state index in [-0.39, 0.29) is 5.69 Å². The van der Waals surface area contributed by atoms with Crippen LogP contribution in [0.3, 0.4) is 0 Å². The first-order valence-electron chi connectivity index (χ1n) is 10.7. The first-order valence-corrected chi connectivity index (χ1v) is 11.6. The van der Waals surface area contributed by atoms with Crippen molar-refractivity contribution in [2.75, 3.05) is 10.7 Å². The molecule has 0 aliphatic carbocycles. The van der Waals surface area contributed by atoms with Crippen molar-refractivity contribution >= 4 is 23.4 Å². The number of alkyl halides is 3. The summed E-state index contributed by atoms with van der Waals surface area (Å²) in [4.78, 5) is 13.3. The maximum Gasteiger partial charge on any atom is 0.418 e. The summed E-state index contributed by atoms with van der Waals surface area (Å²) < 4.78 is 42.1. The van der Waals surface area contributed by atoms with E-state index in [0.29, 0.717) is 11.6 Å². The van der Waals surface area contributed by atoms with Crippen LogP contribution in [-0.2, 0) is 23.8 Å². The van der Waals surface area contributed by atoms with Crippen LogP contribution in [0.2, 0.25) is 0 Å². The average molecular weight is 476 g/mol. The Morgan fingerprint density at radius 2 is 1.85 bits per heavy atom. The van der Waals surface area contributed by atoms with Crippen molar-refractivity contribution in [2.24, 2.45) is 0 Å². The number of nitrogens with one attached hydrogen (secondary N) is 2. The molecule has 1 aromatic heterocycles. The van der Waals surface area contributed by atoms with Gasteiger partial charge < -0.3 is 10.7 Å². The third-order valence-corrected chi connectivity index (χ3v) is 6.69. The zero-order valence-electron chi connectivity index (χ0n) is 18.2. The summed E-state index contributed by atoms with van der Waals surface area (Å²) in [5.74, 6) is 0.205. The Bertz CT molecular complexity index is 1130. The number of rotatable bonds is 6. The fourth-order valence-electron chi connectivity index (χ4n) is 3.74. The molecular formula is C23H24F3N5OS. The van der Waals surface area contributed by atoms with E-state index in [2.05, 4.69) is 27.9 Å². The fourth-order valence-corrected chi connectivity index (χ4v) is 4.84. The number of aryl methyl sites for hydroxylation is 2. The van der Waals surface area contributed by atoms with Gasteiger partial charge in [-0.15, -0.1) is 10.2 Å². The van der Waals surface area contributed by atoms with Crippen molar-refractivity contribution in [3.05, 3.63) is 71.0 Å². The molecule has 2 N–H and O–H groups in total. The van der Waals surface area contributed by atoms with Gasteiger partial charge in [0.05, 0.1) is 17.3 Å². The maximum absolute atomic E-state index is 13.4. The molecular weight excluding hydrogens is 451 g/mol. The third kappa shape index (κ3) is 4.85. The minimum absolute atomic E-state index is 0.269. The summed E-state index contributed by atoms with van der Waals surface area (Å²) in [6.45, 7) is 4.09. The molecule has 0 saturated carbocycles. The molecule has 4 rings (SSSR count). The highest BCUT2D eigenvalue weighted by Gasteiger charge is 2.39. The van der Waals surface area contributed by atoms with Crippen LogP contribution >= 0.6 is 11.8 Å². The second-order valence-electron chi connectivity index (χ2n) is 7.76. The standard InChI is InChI=1S/C23H24F3N5OS/c1-3-7-18-28-29-22-31(18)30-19(15-12-10-14(4-2)11-13-15)20(33-22)21(32)27-17-9-6-5-8-16(17)23(24,25)26/h5-6,8-13,19-20,30H,3-4,7H2,1-2H3,(H,27,32)/t19-,20+/m1/s1. The van der Waals surface area contributed by atoms with E-state index >= 15 is 0 Å². The minimum Gasteiger partial charge on any atom is -0.324 e. The van der Waals surface area contributed by atoms with Crippen LogP contribution in [0.1, 0.15) is 48.8 Å². The Morgan fingerprint density at radius 1 is 1.12 bits per heavy atom. The van der Waals surface area contributed by atoms with Gasteiger partial charge in [-0.25, -0.2) is 4.68 Å². The summed E-state index contributed by atoms with van der Waals surface area (Å²) in [6, 6.07) is 12.3. The molecule has 174 valence electrons. The molecule has 1 aliphatic rings. The van der Waals surface area contributed by atoms with Crippen molar-refractivity contribution in [3.8, 4) is 0 Å². The highest BCUT2D eigenvalue weighted by atomic mass is 32.2. The number of benzene rings is 2. The highest BCUT2D eigenvalue weighted by molar-refractivity contribution is 8.00. The molecule has 0 bridgehead atoms. The number of amides is 1. The monoisotopic (exact) mass is 475 g/mol. The Balaban J connectivity index is 1.68. The van der Waals surface area contributed by atoms with Gasteiger partial charge in [0.2, 0.25) is 11.1 Å². The van der Waals surface area contributed by atoms with Crippen LogP contribution in [0, 0.1) is 0 Å². The minimum atomic E-state index is -4.58. The number of halogens is 3. The first kappa shape index (κ1) is 23.2. The quantitative estimate of drug-likeness (QED) is 0.512. The smallest absolute Gasteiger partial charge is 0.324 e. The van der Waals surface area contributed by atoms with E-state index < -0.39 is 28.9 Å². The summed E-state index contributed by atoms with van der Waals surface area (Å²) in [6.07, 6.45) is -2.12. The van der Waals surface area contributed by atoms with Gasteiger partial charge in [-0.1, -0.05) is 62.0 Å². The van der Waals surface area contributed by atoms with Gasteiger partial charge in [0.25, 0.3) is 0 Å². The lowest BCUT2D eigenvalue weighted by atomic mass is 10.0. The Morgan fingerprint density at radius 3 is 2.52 bits per heavy atom. The number of thioether (sulfide) groups is 1. The van der Waals surface area contributed by atoms with E-state index in [1.165, 1.54) is 30.0 Å². The lowest BCUT2D eigenvalue weighted by Gasteiger charge is -2.33. The molecule has 3 aromatic rings. The molecule has 0 radical (unpaired) electrons. The van der Waals surface area contributed by atoms with Crippen LogP contribution in [0.25, 0.3) is 0 Å². The van der Waals surface area contributed by atoms with E-state index in [0.717, 1.165) is 35.9 Å². The van der Waals surface area contributed by atoms with Crippen LogP contribution in [0.4, 0.5) is 18.9 Å². The van der Waals surface area contributed by atoms with E-state index in [1.54, 1.807) is 4.68 Å². The number of carbonyl (C=O) groups excluding carboxylic acids is 1. The fraction of sp³-hybridized carbons (Fsp3) is 0.348. The zero-order chi connectivity index (χ0) is 23.6. The predicted molar refractivity (Wildman–Crippen MR) is 122 cm³/mol. The average Bonchev–Trinajstić information content (AvgIpc) is 3.20. The van der Waals surface area contributed by atoms with E-state index in [4.69, 9.17) is 0 Å². The molecule has 6 nitrogen and oxygen atoms in total. The summed E-state index contributed by atoms with van der Waals surface area (Å²) >= 11 is 1.19. The third-order valence-electron chi connectivity index (χ3n) is 5.47. The van der Waals surface area contributed by atoms with Crippen LogP contribution in [0.5, 0.6) is 0 Å². The van der Waals surface area contributed by atoms with Gasteiger partial charge in [-0.3, -0.25) is 4.79 Å². The molecule has 33 heavy (non-hydrogen) atoms. The topological polar surface area (TPSA) is 71.8 Å². The van der Waals surface area contributed by atoms with Gasteiger partial charge in [-0.2, -0.15) is 13.2 Å². The van der Waals surface area contributed by atoms with Gasteiger partial charge in [0.15, 0.2) is 5.82 Å². The largest absolute Gasteiger partial charge is 0.418 e. The lowest BCUT2D eigenvalue weighted by molar-refractivity contribution is -0.137. The maximum atomic E-state index is 13.4. The number of aromatic nitrogens is 3. The molecule has 0 spiro atoms. The van der Waals surface area contributed by atoms with Crippen molar-refractivity contribution in [3.63, 3.8) is 0 Å². The zero-order valence-corrected chi connectivity index (χ0v) is 19.0. The molecule has 10 heteroatoms. The number of anilines is 1. The molecule has 1 amide bonds. The molecule has 2 aromatic carbocycles. The number of hydrogen-bond acceptors (Lipinski definition) is 5. The normalized spacial score (nSPS) is 17.8. The summed E-state index contributed by atoms with van der Waals surface area (Å²) in [7, 11) is 0. The second kappa shape index (κ2) is 9.46. The second-order valence-corrected chi connectivity index (χ2v) is 8.87. The van der Waals surface area contributed by atoms with Crippen molar-refractivity contribution in [1.29, 1.82) is 0 Å². The van der Waals surface area contributed by atoms with Gasteiger partial charge >= 0.3 is 6.18 Å². The molecule has 0 fully saturated rings. The van der Waals surface area contributed by atoms with Crippen molar-refractivity contribution in [1.82, 2.24) is 14.9 Å². The Labute approximate surface area is 194 Å². The summed E-state index contributed by atoms with van der Waals surface area (Å²) in [5.41, 5.74) is 4.18. The molecule has 1 aliphatic heterocycles. The van der Waals surface area contributed by atoms with Crippen molar-refractivity contribution < 1.29 is 18.0 Å². The van der Waals surface area contributed by atoms with E-state index in [1.807, 2.05) is 31.2 Å². The van der Waals surface area contributed by atoms with Crippen LogP contribution < -0.4 is 10.7 Å². The molecule has 2 atom stereocenters. The molecule has 2 heterocycles. The van der Waals surface area contributed by atoms with Crippen LogP contribution in [-0.4, -0.2) is 26.0 Å². The number of para-hydroxylation sites is 1. The highest BCUT2D eigenvalue weighted by Crippen LogP contribution is 2.39. The number of hydrogen-bond donors (Lipinski definition) is 2. The Kier molecular flexibility index (Phi) is 6.64. The van der Waals surface area contributed by atoms with Crippen molar-refractivity contribution in [2.45, 2.75) is 55.7 Å². The molecule has 0 saturated heterocycles. The number of fused-ring (bicyclic) bond motifs is 1. The Hall–Kier alpha value is -3.01. The molecule has 0 unspecified atom stereocenters. The number of nitrogens with zero attached hydrogens (tertiary/aromatic N) is 3. The van der Waals surface area contributed by atoms with Gasteiger partial charge in [0, 0.05) is 6.42 Å². The first-order chi connectivity index (χ1) is 15.8. The predicted octanol–water partition coefficient (Wildman–Crippen LogP) is 5.21. The summed E-state index contributed by atoms with van der Waals surface area (Å²) in [5, 5.41) is 10.6. The van der Waals surface area contributed by atoms with E-state index in [9.17, 15) is 18.0 Å². The van der Waals surface area contributed by atoms with Gasteiger partial charge in [-0.05, 0) is 36.1 Å². The SMILES string of the molecule is CCCc1nnc2n1N[C@H](c1ccc(CC)cc1)[C@@H](C(=O)Nc1ccccc1C(F)(F)F)S2. The lowest BCUT2D eigenvalue weighted by Crippen LogP contribution is -2.41.